The quantitative estimate of drug-likeness (QED) is 0.620. The number of sulfonamides is 1. The molecule has 1 aliphatic carbocycles. The van der Waals surface area contributed by atoms with Crippen molar-refractivity contribution in [2.75, 3.05) is 18.0 Å². The molecule has 0 spiro atoms. The van der Waals surface area contributed by atoms with Crippen molar-refractivity contribution in [3.8, 4) is 5.75 Å². The van der Waals surface area contributed by atoms with Gasteiger partial charge in [0.1, 0.15) is 12.3 Å². The maximum absolute atomic E-state index is 13.4. The van der Waals surface area contributed by atoms with Crippen LogP contribution < -0.4 is 14.5 Å². The zero-order chi connectivity index (χ0) is 22.4. The first-order valence-corrected chi connectivity index (χ1v) is 11.9. The highest BCUT2D eigenvalue weighted by molar-refractivity contribution is 7.92. The molecule has 1 amide bonds. The van der Waals surface area contributed by atoms with Gasteiger partial charge in [0.2, 0.25) is 0 Å². The van der Waals surface area contributed by atoms with Gasteiger partial charge >= 0.3 is 0 Å². The summed E-state index contributed by atoms with van der Waals surface area (Å²) in [6.45, 7) is 1.44. The molecule has 1 saturated carbocycles. The Morgan fingerprint density at radius 2 is 1.81 bits per heavy atom. The van der Waals surface area contributed by atoms with Crippen LogP contribution in [0.4, 0.5) is 5.69 Å². The first kappa shape index (κ1) is 23.1. The number of nitrogens with one attached hydrogen (secondary N) is 1. The molecule has 1 N–H and O–H groups in total. The number of benzene rings is 2. The molecule has 0 bridgehead atoms. The minimum absolute atomic E-state index is 0.0800. The van der Waals surface area contributed by atoms with Gasteiger partial charge in [0, 0.05) is 5.71 Å². The first-order chi connectivity index (χ1) is 14.8. The summed E-state index contributed by atoms with van der Waals surface area (Å²) < 4.78 is 33.0. The number of aryl methyl sites for hydroxylation is 1. The van der Waals surface area contributed by atoms with Crippen molar-refractivity contribution in [1.82, 2.24) is 5.43 Å². The van der Waals surface area contributed by atoms with E-state index in [4.69, 9.17) is 16.3 Å². The third-order valence-corrected chi connectivity index (χ3v) is 7.17. The molecule has 0 atom stereocenters. The monoisotopic (exact) mass is 463 g/mol. The summed E-state index contributed by atoms with van der Waals surface area (Å²) in [5.41, 5.74) is 4.62. The fourth-order valence-electron chi connectivity index (χ4n) is 3.34. The first-order valence-electron chi connectivity index (χ1n) is 10.1. The van der Waals surface area contributed by atoms with Crippen molar-refractivity contribution in [3.63, 3.8) is 0 Å². The molecule has 0 saturated heterocycles. The van der Waals surface area contributed by atoms with Gasteiger partial charge in [0.15, 0.2) is 0 Å². The second-order valence-electron chi connectivity index (χ2n) is 7.42. The molecule has 166 valence electrons. The van der Waals surface area contributed by atoms with Gasteiger partial charge in [0.05, 0.1) is 22.7 Å². The molecule has 0 aliphatic heterocycles. The van der Waals surface area contributed by atoms with Gasteiger partial charge < -0.3 is 4.74 Å². The second-order valence-corrected chi connectivity index (χ2v) is 9.69. The van der Waals surface area contributed by atoms with E-state index in [2.05, 4.69) is 10.5 Å². The zero-order valence-corrected chi connectivity index (χ0v) is 19.2. The van der Waals surface area contributed by atoms with Crippen LogP contribution in [0.5, 0.6) is 5.75 Å². The van der Waals surface area contributed by atoms with E-state index < -0.39 is 22.5 Å². The Morgan fingerprint density at radius 3 is 2.42 bits per heavy atom. The Bertz CT molecular complexity index is 1060. The summed E-state index contributed by atoms with van der Waals surface area (Å²) in [7, 11) is -2.55. The summed E-state index contributed by atoms with van der Waals surface area (Å²) in [5.74, 6) is -0.119. The smallest absolute Gasteiger partial charge is 0.264 e. The van der Waals surface area contributed by atoms with Gasteiger partial charge in [-0.1, -0.05) is 35.7 Å². The van der Waals surface area contributed by atoms with Crippen LogP contribution in [0.25, 0.3) is 0 Å². The van der Waals surface area contributed by atoms with Crippen molar-refractivity contribution in [1.29, 1.82) is 0 Å². The molecular weight excluding hydrogens is 438 g/mol. The van der Waals surface area contributed by atoms with Crippen molar-refractivity contribution in [2.24, 2.45) is 5.10 Å². The van der Waals surface area contributed by atoms with Crippen LogP contribution >= 0.6 is 11.6 Å². The van der Waals surface area contributed by atoms with E-state index >= 15 is 0 Å². The van der Waals surface area contributed by atoms with E-state index in [1.807, 2.05) is 6.92 Å². The molecule has 9 heteroatoms. The predicted octanol–water partition coefficient (Wildman–Crippen LogP) is 4.29. The number of anilines is 1. The largest absolute Gasteiger partial charge is 0.495 e. The summed E-state index contributed by atoms with van der Waals surface area (Å²) in [6, 6.07) is 11.0. The lowest BCUT2D eigenvalue weighted by Gasteiger charge is -2.24. The van der Waals surface area contributed by atoms with Crippen LogP contribution in [0.15, 0.2) is 52.5 Å². The normalized spacial score (nSPS) is 14.1. The van der Waals surface area contributed by atoms with Crippen molar-refractivity contribution in [3.05, 3.63) is 53.1 Å². The van der Waals surface area contributed by atoms with Crippen LogP contribution in [-0.2, 0) is 14.8 Å². The number of methoxy groups -OCH3 is 1. The van der Waals surface area contributed by atoms with Crippen LogP contribution in [0.3, 0.4) is 0 Å². The number of hydrazone groups is 1. The second kappa shape index (κ2) is 10.2. The van der Waals surface area contributed by atoms with Gasteiger partial charge in [-0.25, -0.2) is 13.8 Å². The van der Waals surface area contributed by atoms with Gasteiger partial charge in [-0.05, 0) is 62.9 Å². The molecule has 2 aromatic rings. The number of carbonyl (C=O) groups is 1. The molecule has 0 unspecified atom stereocenters. The Balaban J connectivity index is 1.91. The number of rotatable bonds is 7. The third kappa shape index (κ3) is 5.77. The Morgan fingerprint density at radius 1 is 1.13 bits per heavy atom. The fourth-order valence-corrected chi connectivity index (χ4v) is 5.01. The maximum Gasteiger partial charge on any atom is 0.264 e. The highest BCUT2D eigenvalue weighted by Gasteiger charge is 2.28. The molecule has 31 heavy (non-hydrogen) atoms. The van der Waals surface area contributed by atoms with Crippen molar-refractivity contribution in [2.45, 2.75) is 43.9 Å². The molecule has 3 rings (SSSR count). The Kier molecular flexibility index (Phi) is 7.56. The van der Waals surface area contributed by atoms with Crippen LogP contribution in [0.2, 0.25) is 5.02 Å². The molecular formula is C22H26ClN3O4S. The molecule has 1 aliphatic rings. The average molecular weight is 464 g/mol. The summed E-state index contributed by atoms with van der Waals surface area (Å²) in [5, 5.41) is 4.43. The molecule has 2 aromatic carbocycles. The summed E-state index contributed by atoms with van der Waals surface area (Å²) >= 11 is 6.22. The highest BCUT2D eigenvalue weighted by Crippen LogP contribution is 2.32. The number of carbonyl (C=O) groups excluding carboxylic acids is 1. The maximum atomic E-state index is 13.4. The van der Waals surface area contributed by atoms with E-state index in [0.717, 1.165) is 47.7 Å². The summed E-state index contributed by atoms with van der Waals surface area (Å²) in [4.78, 5) is 12.7. The van der Waals surface area contributed by atoms with Crippen LogP contribution in [0, 0.1) is 6.92 Å². The van der Waals surface area contributed by atoms with E-state index in [9.17, 15) is 13.2 Å². The van der Waals surface area contributed by atoms with Gasteiger partial charge in [-0.2, -0.15) is 5.10 Å². The van der Waals surface area contributed by atoms with Gasteiger partial charge in [-0.15, -0.1) is 0 Å². The molecule has 0 heterocycles. The Labute approximate surface area is 188 Å². The third-order valence-electron chi connectivity index (χ3n) is 5.09. The number of hydrogen-bond acceptors (Lipinski definition) is 5. The lowest BCUT2D eigenvalue weighted by atomic mass is 9.99. The predicted molar refractivity (Wildman–Crippen MR) is 122 cm³/mol. The van der Waals surface area contributed by atoms with Crippen molar-refractivity contribution < 1.29 is 17.9 Å². The standard InChI is InChI=1S/C22H26ClN3O4S/c1-16-8-11-19(12-9-16)31(28,29)26(18-10-13-21(30-2)20(23)14-18)15-22(27)25-24-17-6-4-3-5-7-17/h8-14H,3-7,15H2,1-2H3,(H,25,27). The van der Waals surface area contributed by atoms with E-state index in [1.165, 1.54) is 25.3 Å². The Hall–Kier alpha value is -2.58. The number of amides is 1. The molecule has 0 radical (unpaired) electrons. The minimum atomic E-state index is -4.02. The van der Waals surface area contributed by atoms with E-state index in [0.29, 0.717) is 5.75 Å². The van der Waals surface area contributed by atoms with Crippen LogP contribution in [-0.4, -0.2) is 33.7 Å². The number of halogens is 1. The van der Waals surface area contributed by atoms with Crippen LogP contribution in [0.1, 0.15) is 37.7 Å². The summed E-state index contributed by atoms with van der Waals surface area (Å²) in [6.07, 6.45) is 4.95. The van der Waals surface area contributed by atoms with E-state index in [1.54, 1.807) is 24.3 Å². The lowest BCUT2D eigenvalue weighted by molar-refractivity contribution is -0.119. The highest BCUT2D eigenvalue weighted by atomic mass is 35.5. The number of nitrogens with zero attached hydrogens (tertiary/aromatic N) is 2. The van der Waals surface area contributed by atoms with E-state index in [-0.39, 0.29) is 15.6 Å². The van der Waals surface area contributed by atoms with Crippen molar-refractivity contribution >= 4 is 38.9 Å². The SMILES string of the molecule is COc1ccc(N(CC(=O)NN=C2CCCCC2)S(=O)(=O)c2ccc(C)cc2)cc1Cl. The number of ether oxygens (including phenoxy) is 1. The van der Waals surface area contributed by atoms with Gasteiger partial charge in [-0.3, -0.25) is 9.10 Å². The lowest BCUT2D eigenvalue weighted by Crippen LogP contribution is -2.39. The molecule has 1 fully saturated rings. The van der Waals surface area contributed by atoms with Gasteiger partial charge in [0.25, 0.3) is 15.9 Å². The average Bonchev–Trinajstić information content (AvgIpc) is 2.77. The topological polar surface area (TPSA) is 88.1 Å². The zero-order valence-electron chi connectivity index (χ0n) is 17.6. The molecule has 7 nitrogen and oxygen atoms in total. The fraction of sp³-hybridized carbons (Fsp3) is 0.364. The number of hydrogen-bond donors (Lipinski definition) is 1. The molecule has 0 aromatic heterocycles. The minimum Gasteiger partial charge on any atom is -0.495 e.